The Balaban J connectivity index is 0.000000716. The molecule has 208 valence electrons. The van der Waals surface area contributed by atoms with Crippen molar-refractivity contribution in [3.05, 3.63) is 59.7 Å². The fraction of sp³-hybridized carbons (Fsp3) is 0.571. The maximum absolute atomic E-state index is 13.1. The van der Waals surface area contributed by atoms with Gasteiger partial charge in [-0.2, -0.15) is 26.3 Å². The van der Waals surface area contributed by atoms with Gasteiger partial charge in [0.2, 0.25) is 0 Å². The summed E-state index contributed by atoms with van der Waals surface area (Å²) in [5.74, 6) is 0.325. The van der Waals surface area contributed by atoms with E-state index < -0.39 is 31.4 Å². The maximum Gasteiger partial charge on any atom is 0.416 e. The van der Waals surface area contributed by atoms with Crippen LogP contribution in [0.2, 0.25) is 0 Å². The van der Waals surface area contributed by atoms with Gasteiger partial charge in [-0.25, -0.2) is 0 Å². The van der Waals surface area contributed by atoms with Crippen LogP contribution in [0.1, 0.15) is 69.4 Å². The fourth-order valence-electron chi connectivity index (χ4n) is 5.27. The zero-order valence-electron chi connectivity index (χ0n) is 21.5. The molecule has 0 heterocycles. The number of halogens is 6. The molecule has 1 nitrogen and oxygen atoms in total. The summed E-state index contributed by atoms with van der Waals surface area (Å²) in [6.07, 6.45) is 1.57. The van der Waals surface area contributed by atoms with Crippen LogP contribution in [-0.2, 0) is 29.4 Å². The minimum Gasteiger partial charge on any atom is -0.306 e. The van der Waals surface area contributed by atoms with Crippen molar-refractivity contribution in [1.82, 2.24) is 4.90 Å². The Hall–Kier alpha value is -1.07. The predicted octanol–water partition coefficient (Wildman–Crippen LogP) is 8.22. The molecule has 2 aliphatic rings. The van der Waals surface area contributed by atoms with Crippen LogP contribution in [0.15, 0.2) is 48.5 Å². The van der Waals surface area contributed by atoms with Crippen LogP contribution in [0.3, 0.4) is 0 Å². The zero-order chi connectivity index (χ0) is 26.5. The Morgan fingerprint density at radius 2 is 1.05 bits per heavy atom. The van der Waals surface area contributed by atoms with Crippen molar-refractivity contribution in [2.45, 2.75) is 82.3 Å². The number of benzene rings is 2. The molecule has 2 fully saturated rings. The van der Waals surface area contributed by atoms with E-state index >= 15 is 0 Å². The van der Waals surface area contributed by atoms with Crippen molar-refractivity contribution >= 4 is 18.5 Å². The molecule has 2 unspecified atom stereocenters. The van der Waals surface area contributed by atoms with Gasteiger partial charge in [-0.1, -0.05) is 62.8 Å². The van der Waals surface area contributed by atoms with Gasteiger partial charge >= 0.3 is 12.4 Å². The van der Waals surface area contributed by atoms with E-state index in [1.54, 1.807) is 0 Å². The summed E-state index contributed by atoms with van der Waals surface area (Å²) in [4.78, 5) is 2.13. The molecular formula is C28H36F6FeNP. The maximum atomic E-state index is 13.1. The molecular weight excluding hydrogens is 551 g/mol. The first-order valence-electron chi connectivity index (χ1n) is 12.7. The van der Waals surface area contributed by atoms with Crippen molar-refractivity contribution in [2.75, 3.05) is 14.1 Å². The standard InChI is InChI=1S/C23H26F6NP.C5H10.Fe/c1-15(30(2)3)20-5-4-6-21(20)31(18-11-7-16(8-12-18)22(24,25)26)19-13-9-17(10-14-19)23(27,28)29;1-2-4-5-3-1;/h7-15,20-21H,4-6H2,1-3H3;1-5H2;/t15-,20?,21?;;/m1../s1. The van der Waals surface area contributed by atoms with E-state index in [9.17, 15) is 26.3 Å². The summed E-state index contributed by atoms with van der Waals surface area (Å²) in [5.41, 5.74) is -1.24. The number of rotatable bonds is 5. The molecule has 3 atom stereocenters. The first-order valence-corrected chi connectivity index (χ1v) is 14.1. The predicted molar refractivity (Wildman–Crippen MR) is 136 cm³/mol. The van der Waals surface area contributed by atoms with Crippen LogP contribution in [0.5, 0.6) is 0 Å². The van der Waals surface area contributed by atoms with E-state index in [0.29, 0.717) is 5.92 Å². The Labute approximate surface area is 228 Å². The topological polar surface area (TPSA) is 3.24 Å². The minimum absolute atomic E-state index is 0. The van der Waals surface area contributed by atoms with E-state index in [-0.39, 0.29) is 28.8 Å². The monoisotopic (exact) mass is 587 g/mol. The summed E-state index contributed by atoms with van der Waals surface area (Å²) in [6, 6.07) is 10.6. The van der Waals surface area contributed by atoms with Crippen LogP contribution < -0.4 is 10.6 Å². The van der Waals surface area contributed by atoms with Crippen LogP contribution >= 0.6 is 7.92 Å². The Morgan fingerprint density at radius 1 is 0.676 bits per heavy atom. The molecule has 0 radical (unpaired) electrons. The Morgan fingerprint density at radius 3 is 1.38 bits per heavy atom. The van der Waals surface area contributed by atoms with E-state index in [4.69, 9.17) is 0 Å². The second-order valence-electron chi connectivity index (χ2n) is 10.1. The van der Waals surface area contributed by atoms with Gasteiger partial charge in [0.1, 0.15) is 0 Å². The van der Waals surface area contributed by atoms with Gasteiger partial charge < -0.3 is 4.90 Å². The van der Waals surface area contributed by atoms with Crippen molar-refractivity contribution in [1.29, 1.82) is 0 Å². The average Bonchev–Trinajstić information content (AvgIpc) is 3.54. The molecule has 0 saturated heterocycles. The van der Waals surface area contributed by atoms with E-state index in [1.807, 2.05) is 14.1 Å². The van der Waals surface area contributed by atoms with Gasteiger partial charge in [-0.3, -0.25) is 0 Å². The minimum atomic E-state index is -4.43. The van der Waals surface area contributed by atoms with E-state index in [1.165, 1.54) is 56.4 Å². The third-order valence-corrected chi connectivity index (χ3v) is 10.5. The molecule has 0 spiro atoms. The summed E-state index contributed by atoms with van der Waals surface area (Å²) >= 11 is 0. The molecule has 0 N–H and O–H groups in total. The summed E-state index contributed by atoms with van der Waals surface area (Å²) in [6.45, 7) is 2.13. The van der Waals surface area contributed by atoms with Gasteiger partial charge in [-0.05, 0) is 88.2 Å². The second kappa shape index (κ2) is 13.8. The van der Waals surface area contributed by atoms with Gasteiger partial charge in [-0.15, -0.1) is 0 Å². The molecule has 2 aromatic carbocycles. The smallest absolute Gasteiger partial charge is 0.306 e. The van der Waals surface area contributed by atoms with Crippen molar-refractivity contribution < 1.29 is 43.4 Å². The van der Waals surface area contributed by atoms with Gasteiger partial charge in [0.25, 0.3) is 0 Å². The molecule has 37 heavy (non-hydrogen) atoms. The molecule has 9 heteroatoms. The SMILES string of the molecule is C1CCCC1.C[C@H](C1CCCC1P(c1ccc(C(F)(F)F)cc1)c1ccc(C(F)(F)F)cc1)N(C)C.[Fe]. The number of nitrogens with zero attached hydrogens (tertiary/aromatic N) is 1. The van der Waals surface area contributed by atoms with Gasteiger partial charge in [0.15, 0.2) is 0 Å². The zero-order valence-corrected chi connectivity index (χ0v) is 23.5. The van der Waals surface area contributed by atoms with Crippen LogP contribution in [0, 0.1) is 5.92 Å². The van der Waals surface area contributed by atoms with E-state index in [2.05, 4.69) is 11.8 Å². The van der Waals surface area contributed by atoms with Crippen molar-refractivity contribution in [3.8, 4) is 0 Å². The molecule has 0 bridgehead atoms. The molecule has 2 aliphatic carbocycles. The summed E-state index contributed by atoms with van der Waals surface area (Å²) < 4.78 is 78.3. The first-order chi connectivity index (χ1) is 16.9. The average molecular weight is 587 g/mol. The van der Waals surface area contributed by atoms with Crippen LogP contribution in [-0.4, -0.2) is 30.7 Å². The van der Waals surface area contributed by atoms with Crippen LogP contribution in [0.4, 0.5) is 26.3 Å². The second-order valence-corrected chi connectivity index (χ2v) is 12.5. The molecule has 0 amide bonds. The quantitative estimate of drug-likeness (QED) is 0.194. The number of hydrogen-bond donors (Lipinski definition) is 0. The number of alkyl halides is 6. The number of hydrogen-bond acceptors (Lipinski definition) is 1. The van der Waals surface area contributed by atoms with Gasteiger partial charge in [0, 0.05) is 23.1 Å². The third-order valence-electron chi connectivity index (χ3n) is 7.49. The van der Waals surface area contributed by atoms with Gasteiger partial charge in [0.05, 0.1) is 11.1 Å². The molecule has 2 saturated carbocycles. The normalized spacial score (nSPS) is 20.9. The Kier molecular flexibility index (Phi) is 12.0. The first kappa shape index (κ1) is 32.1. The summed E-state index contributed by atoms with van der Waals surface area (Å²) in [7, 11) is 2.89. The van der Waals surface area contributed by atoms with E-state index in [0.717, 1.165) is 54.1 Å². The largest absolute Gasteiger partial charge is 0.416 e. The summed E-state index contributed by atoms with van der Waals surface area (Å²) in [5, 5.41) is 1.54. The molecule has 0 aromatic heterocycles. The fourth-order valence-corrected chi connectivity index (χ4v) is 8.50. The van der Waals surface area contributed by atoms with Crippen molar-refractivity contribution in [2.24, 2.45) is 5.92 Å². The molecule has 2 aromatic rings. The molecule has 4 rings (SSSR count). The van der Waals surface area contributed by atoms with Crippen LogP contribution in [0.25, 0.3) is 0 Å². The third kappa shape index (κ3) is 8.71. The molecule has 0 aliphatic heterocycles. The Bertz CT molecular complexity index is 874. The van der Waals surface area contributed by atoms with Crippen molar-refractivity contribution in [3.63, 3.8) is 0 Å².